The van der Waals surface area contributed by atoms with E-state index >= 15 is 0 Å². The molecule has 1 aromatic rings. The van der Waals surface area contributed by atoms with Gasteiger partial charge in [-0.25, -0.2) is 0 Å². The first-order chi connectivity index (χ1) is 11.3. The van der Waals surface area contributed by atoms with Crippen LogP contribution in [0, 0.1) is 0 Å². The molecule has 0 spiro atoms. The first-order valence-electron chi connectivity index (χ1n) is 8.99. The lowest BCUT2D eigenvalue weighted by Gasteiger charge is -2.51. The lowest BCUT2D eigenvalue weighted by Crippen LogP contribution is -2.58. The van der Waals surface area contributed by atoms with Crippen LogP contribution >= 0.6 is 0 Å². The Balaban J connectivity index is 1.75. The highest BCUT2D eigenvalue weighted by Crippen LogP contribution is 2.38. The molecule has 132 valence electrons. The number of carbonyl (C=O) groups excluding carboxylic acids is 1. The van der Waals surface area contributed by atoms with Gasteiger partial charge in [-0.1, -0.05) is 42.5 Å². The molecule has 2 rings (SSSR count). The van der Waals surface area contributed by atoms with Crippen molar-refractivity contribution in [3.63, 3.8) is 0 Å². The summed E-state index contributed by atoms with van der Waals surface area (Å²) in [4.78, 5) is 18.1. The summed E-state index contributed by atoms with van der Waals surface area (Å²) in [7, 11) is 0. The van der Waals surface area contributed by atoms with Gasteiger partial charge in [0.05, 0.1) is 6.61 Å². The highest BCUT2D eigenvalue weighted by molar-refractivity contribution is 5.96. The third-order valence-corrected chi connectivity index (χ3v) is 4.78. The van der Waals surface area contributed by atoms with Crippen LogP contribution in [0.15, 0.2) is 42.5 Å². The van der Waals surface area contributed by atoms with E-state index in [1.165, 1.54) is 6.42 Å². The molecule has 0 amide bonds. The number of carbonyl (C=O) groups is 1. The van der Waals surface area contributed by atoms with Crippen LogP contribution < -0.4 is 0 Å². The van der Waals surface area contributed by atoms with Crippen molar-refractivity contribution in [2.45, 2.75) is 70.9 Å². The number of hydrogen-bond donors (Lipinski definition) is 0. The van der Waals surface area contributed by atoms with E-state index in [9.17, 15) is 4.79 Å². The molecule has 24 heavy (non-hydrogen) atoms. The van der Waals surface area contributed by atoms with Gasteiger partial charge in [-0.2, -0.15) is 5.06 Å². The van der Waals surface area contributed by atoms with Crippen molar-refractivity contribution in [2.24, 2.45) is 0 Å². The molecule has 1 aliphatic heterocycles. The van der Waals surface area contributed by atoms with Crippen LogP contribution in [-0.2, 0) is 4.84 Å². The minimum Gasteiger partial charge on any atom is -0.294 e. The van der Waals surface area contributed by atoms with Gasteiger partial charge >= 0.3 is 0 Å². The number of nitrogens with zero attached hydrogens (tertiary/aromatic N) is 1. The fraction of sp³-hybridized carbons (Fsp3) is 0.571. The van der Waals surface area contributed by atoms with Gasteiger partial charge in [-0.15, -0.1) is 0 Å². The molecule has 1 fully saturated rings. The number of rotatable bonds is 7. The van der Waals surface area contributed by atoms with E-state index < -0.39 is 0 Å². The molecule has 0 bridgehead atoms. The summed E-state index contributed by atoms with van der Waals surface area (Å²) in [5.74, 6) is 0.194. The zero-order chi connectivity index (χ0) is 17.6. The van der Waals surface area contributed by atoms with E-state index in [0.29, 0.717) is 13.0 Å². The fourth-order valence-electron chi connectivity index (χ4n) is 3.61. The Morgan fingerprint density at radius 2 is 1.71 bits per heavy atom. The number of hydrogen-bond acceptors (Lipinski definition) is 3. The summed E-state index contributed by atoms with van der Waals surface area (Å²) < 4.78 is 0. The molecule has 0 saturated carbocycles. The maximum atomic E-state index is 12.0. The third-order valence-electron chi connectivity index (χ3n) is 4.78. The monoisotopic (exact) mass is 329 g/mol. The van der Waals surface area contributed by atoms with Gasteiger partial charge in [-0.05, 0) is 53.4 Å². The van der Waals surface area contributed by atoms with Gasteiger partial charge in [-0.3, -0.25) is 9.63 Å². The summed E-state index contributed by atoms with van der Waals surface area (Å²) in [5.41, 5.74) is 0.927. The Morgan fingerprint density at radius 3 is 2.33 bits per heavy atom. The lowest BCUT2D eigenvalue weighted by molar-refractivity contribution is -0.274. The summed E-state index contributed by atoms with van der Waals surface area (Å²) >= 11 is 0. The second-order valence-corrected chi connectivity index (χ2v) is 7.87. The smallest absolute Gasteiger partial charge is 0.163 e. The molecule has 0 aromatic heterocycles. The van der Waals surface area contributed by atoms with E-state index in [0.717, 1.165) is 24.8 Å². The summed E-state index contributed by atoms with van der Waals surface area (Å²) in [5, 5.41) is 2.17. The van der Waals surface area contributed by atoms with E-state index in [-0.39, 0.29) is 16.9 Å². The molecule has 1 heterocycles. The molecule has 3 nitrogen and oxygen atoms in total. The lowest BCUT2D eigenvalue weighted by atomic mass is 9.82. The number of ketones is 1. The summed E-state index contributed by atoms with van der Waals surface area (Å²) in [6.07, 6.45) is 8.93. The van der Waals surface area contributed by atoms with E-state index in [2.05, 4.69) is 32.8 Å². The Bertz CT molecular complexity index is 544. The number of allylic oxidation sites excluding steroid dienone is 1. The van der Waals surface area contributed by atoms with Gasteiger partial charge in [0.25, 0.3) is 0 Å². The van der Waals surface area contributed by atoms with Crippen molar-refractivity contribution in [1.82, 2.24) is 5.06 Å². The summed E-state index contributed by atoms with van der Waals surface area (Å²) in [6, 6.07) is 9.47. The number of piperidine rings is 1. The minimum absolute atomic E-state index is 0.0683. The van der Waals surface area contributed by atoms with Crippen molar-refractivity contribution in [3.05, 3.63) is 48.0 Å². The molecule has 1 saturated heterocycles. The Kier molecular flexibility index (Phi) is 6.36. The highest BCUT2D eigenvalue weighted by Gasteiger charge is 2.42. The molecule has 0 atom stereocenters. The predicted molar refractivity (Wildman–Crippen MR) is 98.9 cm³/mol. The van der Waals surface area contributed by atoms with Crippen LogP contribution in [0.3, 0.4) is 0 Å². The normalized spacial score (nSPS) is 20.3. The molecule has 1 aliphatic rings. The Morgan fingerprint density at radius 1 is 1.08 bits per heavy atom. The molecule has 3 heteroatoms. The quantitative estimate of drug-likeness (QED) is 0.510. The van der Waals surface area contributed by atoms with Crippen LogP contribution in [0.5, 0.6) is 0 Å². The molecular formula is C21H31NO2. The Labute approximate surface area is 146 Å². The minimum atomic E-state index is 0.0683. The average Bonchev–Trinajstić information content (AvgIpc) is 2.52. The number of benzene rings is 1. The average molecular weight is 329 g/mol. The molecular weight excluding hydrogens is 298 g/mol. The van der Waals surface area contributed by atoms with E-state index in [1.807, 2.05) is 42.5 Å². The second-order valence-electron chi connectivity index (χ2n) is 7.87. The van der Waals surface area contributed by atoms with Gasteiger partial charge in [0.2, 0.25) is 0 Å². The first kappa shape index (κ1) is 18.9. The first-order valence-corrected chi connectivity index (χ1v) is 8.99. The van der Waals surface area contributed by atoms with Crippen molar-refractivity contribution >= 4 is 5.78 Å². The van der Waals surface area contributed by atoms with Crippen LogP contribution in [0.25, 0.3) is 0 Å². The van der Waals surface area contributed by atoms with Crippen LogP contribution in [0.2, 0.25) is 0 Å². The molecule has 0 radical (unpaired) electrons. The molecule has 0 unspecified atom stereocenters. The number of Topliss-reactive ketones (excluding diaryl/α,β-unsaturated/α-hetero) is 1. The molecule has 0 N–H and O–H groups in total. The Hall–Kier alpha value is -1.45. The van der Waals surface area contributed by atoms with E-state index in [4.69, 9.17) is 4.84 Å². The second kappa shape index (κ2) is 8.09. The van der Waals surface area contributed by atoms with Crippen LogP contribution in [0.4, 0.5) is 0 Å². The van der Waals surface area contributed by atoms with E-state index in [1.54, 1.807) is 0 Å². The SMILES string of the molecule is CC1(C)CCCC(C)(C)N1OC/C=C\CCC(=O)c1ccccc1. The largest absolute Gasteiger partial charge is 0.294 e. The maximum Gasteiger partial charge on any atom is 0.163 e. The van der Waals surface area contributed by atoms with Crippen molar-refractivity contribution in [1.29, 1.82) is 0 Å². The maximum absolute atomic E-state index is 12.0. The van der Waals surface area contributed by atoms with Crippen LogP contribution in [-0.4, -0.2) is 28.5 Å². The summed E-state index contributed by atoms with van der Waals surface area (Å²) in [6.45, 7) is 9.55. The standard InChI is InChI=1S/C21H31NO2/c1-20(2)15-11-16-21(3,4)22(20)24-17-10-6-9-14-19(23)18-12-7-5-8-13-18/h5-8,10,12-13H,9,11,14-17H2,1-4H3/b10-6-. The van der Waals surface area contributed by atoms with Crippen LogP contribution in [0.1, 0.15) is 70.2 Å². The zero-order valence-corrected chi connectivity index (χ0v) is 15.5. The predicted octanol–water partition coefficient (Wildman–Crippen LogP) is 5.18. The topological polar surface area (TPSA) is 29.5 Å². The van der Waals surface area contributed by atoms with Gasteiger partial charge in [0.15, 0.2) is 5.78 Å². The third kappa shape index (κ3) is 5.02. The zero-order valence-electron chi connectivity index (χ0n) is 15.5. The van der Waals surface area contributed by atoms with Gasteiger partial charge in [0.1, 0.15) is 0 Å². The van der Waals surface area contributed by atoms with Crippen molar-refractivity contribution in [2.75, 3.05) is 6.61 Å². The molecule has 0 aliphatic carbocycles. The van der Waals surface area contributed by atoms with Gasteiger partial charge in [0, 0.05) is 23.1 Å². The van der Waals surface area contributed by atoms with Crippen molar-refractivity contribution in [3.8, 4) is 0 Å². The fourth-order valence-corrected chi connectivity index (χ4v) is 3.61. The molecule has 1 aromatic carbocycles. The van der Waals surface area contributed by atoms with Gasteiger partial charge < -0.3 is 0 Å². The highest BCUT2D eigenvalue weighted by atomic mass is 16.7. The number of hydroxylamine groups is 2. The van der Waals surface area contributed by atoms with Crippen molar-refractivity contribution < 1.29 is 9.63 Å².